The van der Waals surface area contributed by atoms with Crippen molar-refractivity contribution in [3.63, 3.8) is 0 Å². The minimum atomic E-state index is -0.183. The number of halogens is 1. The second-order valence-electron chi connectivity index (χ2n) is 4.82. The Morgan fingerprint density at radius 2 is 2.20 bits per heavy atom. The van der Waals surface area contributed by atoms with Crippen molar-refractivity contribution < 1.29 is 4.39 Å². The quantitative estimate of drug-likeness (QED) is 0.850. The van der Waals surface area contributed by atoms with Crippen LogP contribution in [0, 0.1) is 5.82 Å². The van der Waals surface area contributed by atoms with E-state index < -0.39 is 0 Å². The first-order valence-corrected chi connectivity index (χ1v) is 7.62. The summed E-state index contributed by atoms with van der Waals surface area (Å²) in [5.74, 6) is -0.183. The van der Waals surface area contributed by atoms with Gasteiger partial charge in [-0.2, -0.15) is 0 Å². The highest BCUT2D eigenvalue weighted by atomic mass is 32.1. The van der Waals surface area contributed by atoms with E-state index in [4.69, 9.17) is 0 Å². The fourth-order valence-electron chi connectivity index (χ4n) is 2.01. The third-order valence-corrected chi connectivity index (χ3v) is 3.80. The lowest BCUT2D eigenvalue weighted by molar-refractivity contribution is 0.315. The minimum absolute atomic E-state index is 0.183. The molecule has 3 nitrogen and oxygen atoms in total. The summed E-state index contributed by atoms with van der Waals surface area (Å²) in [6.45, 7) is 5.36. The summed E-state index contributed by atoms with van der Waals surface area (Å²) in [5.41, 5.74) is 2.05. The van der Waals surface area contributed by atoms with Crippen LogP contribution in [-0.2, 0) is 19.6 Å². The Kier molecular flexibility index (Phi) is 5.64. The summed E-state index contributed by atoms with van der Waals surface area (Å²) >= 11 is 1.68. The monoisotopic (exact) mass is 293 g/mol. The predicted octanol–water partition coefficient (Wildman–Crippen LogP) is 3.02. The second-order valence-corrected chi connectivity index (χ2v) is 5.76. The summed E-state index contributed by atoms with van der Waals surface area (Å²) in [4.78, 5) is 6.73. The molecule has 0 unspecified atom stereocenters. The Labute approximate surface area is 123 Å². The molecular formula is C15H20FN3S. The molecule has 0 radical (unpaired) electrons. The fourth-order valence-corrected chi connectivity index (χ4v) is 2.77. The maximum atomic E-state index is 13.1. The Balaban J connectivity index is 1.87. The van der Waals surface area contributed by atoms with Crippen LogP contribution in [0.2, 0.25) is 0 Å². The molecule has 0 spiro atoms. The Bertz CT molecular complexity index is 541. The van der Waals surface area contributed by atoms with Crippen LogP contribution in [0.4, 0.5) is 4.39 Å². The zero-order valence-electron chi connectivity index (χ0n) is 11.9. The van der Waals surface area contributed by atoms with Gasteiger partial charge in [0.2, 0.25) is 0 Å². The Hall–Kier alpha value is -1.30. The van der Waals surface area contributed by atoms with E-state index in [1.807, 2.05) is 13.1 Å². The summed E-state index contributed by atoms with van der Waals surface area (Å²) in [6, 6.07) is 6.73. The van der Waals surface area contributed by atoms with E-state index >= 15 is 0 Å². The molecule has 0 aliphatic rings. The molecule has 1 N–H and O–H groups in total. The van der Waals surface area contributed by atoms with Gasteiger partial charge in [-0.15, -0.1) is 11.3 Å². The van der Waals surface area contributed by atoms with E-state index in [9.17, 15) is 4.39 Å². The maximum absolute atomic E-state index is 13.1. The molecule has 1 aromatic carbocycles. The lowest BCUT2D eigenvalue weighted by atomic mass is 10.2. The summed E-state index contributed by atoms with van der Waals surface area (Å²) < 4.78 is 13.1. The van der Waals surface area contributed by atoms with Crippen LogP contribution in [0.15, 0.2) is 29.6 Å². The molecule has 1 aromatic heterocycles. The van der Waals surface area contributed by atoms with Gasteiger partial charge in [-0.05, 0) is 31.3 Å². The van der Waals surface area contributed by atoms with Gasteiger partial charge in [-0.25, -0.2) is 9.37 Å². The zero-order chi connectivity index (χ0) is 14.4. The first-order chi connectivity index (χ1) is 9.67. The molecule has 0 aliphatic heterocycles. The van der Waals surface area contributed by atoms with Crippen LogP contribution in [0.1, 0.15) is 23.2 Å². The van der Waals surface area contributed by atoms with Crippen molar-refractivity contribution in [1.82, 2.24) is 15.2 Å². The van der Waals surface area contributed by atoms with E-state index in [0.717, 1.165) is 42.4 Å². The van der Waals surface area contributed by atoms with Gasteiger partial charge in [0.05, 0.1) is 5.69 Å². The number of rotatable bonds is 7. The standard InChI is InChI=1S/C15H20FN3S/c1-3-17-8-15-18-14(11-20-15)10-19(2)9-12-5-4-6-13(16)7-12/h4-7,11,17H,3,8-10H2,1-2H3. The highest BCUT2D eigenvalue weighted by molar-refractivity contribution is 7.09. The molecule has 0 saturated heterocycles. The van der Waals surface area contributed by atoms with Crippen molar-refractivity contribution in [2.75, 3.05) is 13.6 Å². The fraction of sp³-hybridized carbons (Fsp3) is 0.400. The van der Waals surface area contributed by atoms with Crippen LogP contribution < -0.4 is 5.32 Å². The largest absolute Gasteiger partial charge is 0.311 e. The molecule has 0 aliphatic carbocycles. The number of benzene rings is 1. The lowest BCUT2D eigenvalue weighted by Gasteiger charge is -2.15. The van der Waals surface area contributed by atoms with Gasteiger partial charge in [-0.3, -0.25) is 4.90 Å². The van der Waals surface area contributed by atoms with E-state index in [1.54, 1.807) is 23.5 Å². The third-order valence-electron chi connectivity index (χ3n) is 2.90. The minimum Gasteiger partial charge on any atom is -0.311 e. The summed E-state index contributed by atoms with van der Waals surface area (Å²) in [7, 11) is 2.02. The molecule has 2 aromatic rings. The number of hydrogen-bond donors (Lipinski definition) is 1. The van der Waals surface area contributed by atoms with E-state index in [0.29, 0.717) is 0 Å². The highest BCUT2D eigenvalue weighted by Gasteiger charge is 2.06. The first kappa shape index (κ1) is 15.1. The first-order valence-electron chi connectivity index (χ1n) is 6.74. The predicted molar refractivity (Wildman–Crippen MR) is 81.1 cm³/mol. The molecule has 20 heavy (non-hydrogen) atoms. The number of nitrogens with one attached hydrogen (secondary N) is 1. The van der Waals surface area contributed by atoms with Gasteiger partial charge in [0.25, 0.3) is 0 Å². The third kappa shape index (κ3) is 4.67. The van der Waals surface area contributed by atoms with Crippen molar-refractivity contribution in [3.05, 3.63) is 51.7 Å². The molecule has 0 saturated carbocycles. The molecule has 0 bridgehead atoms. The van der Waals surface area contributed by atoms with Crippen LogP contribution in [0.3, 0.4) is 0 Å². The van der Waals surface area contributed by atoms with E-state index in [-0.39, 0.29) is 5.82 Å². The van der Waals surface area contributed by atoms with E-state index in [1.165, 1.54) is 6.07 Å². The van der Waals surface area contributed by atoms with Crippen LogP contribution in [0.5, 0.6) is 0 Å². The lowest BCUT2D eigenvalue weighted by Crippen LogP contribution is -2.17. The van der Waals surface area contributed by atoms with Gasteiger partial charge < -0.3 is 5.32 Å². The summed E-state index contributed by atoms with van der Waals surface area (Å²) in [5, 5.41) is 6.47. The van der Waals surface area contributed by atoms with Crippen molar-refractivity contribution in [1.29, 1.82) is 0 Å². The van der Waals surface area contributed by atoms with E-state index in [2.05, 4.69) is 27.5 Å². The van der Waals surface area contributed by atoms with Crippen LogP contribution >= 0.6 is 11.3 Å². The second kappa shape index (κ2) is 7.47. The average molecular weight is 293 g/mol. The smallest absolute Gasteiger partial charge is 0.123 e. The molecule has 108 valence electrons. The molecule has 5 heteroatoms. The van der Waals surface area contributed by atoms with Gasteiger partial charge in [-0.1, -0.05) is 19.1 Å². The van der Waals surface area contributed by atoms with Crippen molar-refractivity contribution in [2.45, 2.75) is 26.6 Å². The molecular weight excluding hydrogens is 273 g/mol. The topological polar surface area (TPSA) is 28.2 Å². The molecule has 0 amide bonds. The highest BCUT2D eigenvalue weighted by Crippen LogP contribution is 2.13. The van der Waals surface area contributed by atoms with Crippen molar-refractivity contribution in [3.8, 4) is 0 Å². The SMILES string of the molecule is CCNCc1nc(CN(C)Cc2cccc(F)c2)cs1. The number of thiazole rings is 1. The number of hydrogen-bond acceptors (Lipinski definition) is 4. The van der Waals surface area contributed by atoms with Gasteiger partial charge in [0, 0.05) is 25.0 Å². The Morgan fingerprint density at radius 3 is 2.95 bits per heavy atom. The maximum Gasteiger partial charge on any atom is 0.123 e. The van der Waals surface area contributed by atoms with Crippen molar-refractivity contribution >= 4 is 11.3 Å². The van der Waals surface area contributed by atoms with Crippen LogP contribution in [0.25, 0.3) is 0 Å². The molecule has 0 fully saturated rings. The average Bonchev–Trinajstić information content (AvgIpc) is 2.83. The number of nitrogens with zero attached hydrogens (tertiary/aromatic N) is 2. The number of aromatic nitrogens is 1. The van der Waals surface area contributed by atoms with Gasteiger partial charge >= 0.3 is 0 Å². The molecule has 0 atom stereocenters. The summed E-state index contributed by atoms with van der Waals surface area (Å²) in [6.07, 6.45) is 0. The normalized spacial score (nSPS) is 11.2. The van der Waals surface area contributed by atoms with Gasteiger partial charge in [0.15, 0.2) is 0 Å². The van der Waals surface area contributed by atoms with Crippen molar-refractivity contribution in [2.24, 2.45) is 0 Å². The van der Waals surface area contributed by atoms with Gasteiger partial charge in [0.1, 0.15) is 10.8 Å². The molecule has 2 rings (SSSR count). The Morgan fingerprint density at radius 1 is 1.35 bits per heavy atom. The molecule has 1 heterocycles. The van der Waals surface area contributed by atoms with Crippen LogP contribution in [-0.4, -0.2) is 23.5 Å². The zero-order valence-corrected chi connectivity index (χ0v) is 12.7.